The molecule has 2 rings (SSSR count). The molecule has 2 N–H and O–H groups in total. The summed E-state index contributed by atoms with van der Waals surface area (Å²) in [4.78, 5) is 0. The molecular weight excluding hydrogens is 247 g/mol. The SMILES string of the molecule is CC(O)c1cc(F)ccc1Oc1ccccc1CO. The van der Waals surface area contributed by atoms with Crippen molar-refractivity contribution in [3.63, 3.8) is 0 Å². The Balaban J connectivity index is 2.38. The fraction of sp³-hybridized carbons (Fsp3) is 0.200. The van der Waals surface area contributed by atoms with Crippen molar-refractivity contribution < 1.29 is 19.3 Å². The number of ether oxygens (including phenoxy) is 1. The maximum Gasteiger partial charge on any atom is 0.133 e. The average Bonchev–Trinajstić information content (AvgIpc) is 2.41. The molecule has 19 heavy (non-hydrogen) atoms. The zero-order chi connectivity index (χ0) is 13.8. The van der Waals surface area contributed by atoms with Gasteiger partial charge in [0.15, 0.2) is 0 Å². The van der Waals surface area contributed by atoms with E-state index in [-0.39, 0.29) is 6.61 Å². The van der Waals surface area contributed by atoms with Gasteiger partial charge in [0, 0.05) is 11.1 Å². The molecule has 0 saturated heterocycles. The van der Waals surface area contributed by atoms with Crippen molar-refractivity contribution in [3.05, 3.63) is 59.4 Å². The van der Waals surface area contributed by atoms with Gasteiger partial charge in [0.05, 0.1) is 12.7 Å². The molecule has 3 nitrogen and oxygen atoms in total. The van der Waals surface area contributed by atoms with E-state index in [0.29, 0.717) is 22.6 Å². The Kier molecular flexibility index (Phi) is 4.14. The minimum Gasteiger partial charge on any atom is -0.457 e. The van der Waals surface area contributed by atoms with E-state index in [0.717, 1.165) is 0 Å². The molecule has 0 spiro atoms. The summed E-state index contributed by atoms with van der Waals surface area (Å²) in [5, 5.41) is 18.9. The molecule has 4 heteroatoms. The standard InChI is InChI=1S/C15H15FO3/c1-10(18)13-8-12(16)6-7-15(13)19-14-5-3-2-4-11(14)9-17/h2-8,10,17-18H,9H2,1H3. The van der Waals surface area contributed by atoms with Crippen molar-refractivity contribution >= 4 is 0 Å². The van der Waals surface area contributed by atoms with E-state index in [2.05, 4.69) is 0 Å². The molecule has 0 heterocycles. The molecule has 1 atom stereocenters. The van der Waals surface area contributed by atoms with Crippen LogP contribution in [0, 0.1) is 5.82 Å². The Morgan fingerprint density at radius 3 is 2.58 bits per heavy atom. The van der Waals surface area contributed by atoms with Crippen molar-refractivity contribution in [2.75, 3.05) is 0 Å². The highest BCUT2D eigenvalue weighted by atomic mass is 19.1. The minimum atomic E-state index is -0.841. The molecule has 0 radical (unpaired) electrons. The molecule has 100 valence electrons. The van der Waals surface area contributed by atoms with Crippen LogP contribution >= 0.6 is 0 Å². The molecular formula is C15H15FO3. The van der Waals surface area contributed by atoms with Gasteiger partial charge in [0.2, 0.25) is 0 Å². The van der Waals surface area contributed by atoms with Crippen LogP contribution in [0.4, 0.5) is 4.39 Å². The Hall–Kier alpha value is -1.91. The van der Waals surface area contributed by atoms with Crippen LogP contribution in [-0.2, 0) is 6.61 Å². The van der Waals surface area contributed by atoms with Gasteiger partial charge in [0.25, 0.3) is 0 Å². The van der Waals surface area contributed by atoms with E-state index >= 15 is 0 Å². The highest BCUT2D eigenvalue weighted by Crippen LogP contribution is 2.31. The van der Waals surface area contributed by atoms with Gasteiger partial charge >= 0.3 is 0 Å². The number of rotatable bonds is 4. The first kappa shape index (κ1) is 13.5. The van der Waals surface area contributed by atoms with Crippen LogP contribution in [0.5, 0.6) is 11.5 Å². The zero-order valence-electron chi connectivity index (χ0n) is 10.5. The molecule has 0 fully saturated rings. The quantitative estimate of drug-likeness (QED) is 0.889. The minimum absolute atomic E-state index is 0.151. The fourth-order valence-electron chi connectivity index (χ4n) is 1.79. The second kappa shape index (κ2) is 5.82. The van der Waals surface area contributed by atoms with E-state index in [1.165, 1.54) is 18.2 Å². The third kappa shape index (κ3) is 3.10. The fourth-order valence-corrected chi connectivity index (χ4v) is 1.79. The summed E-state index contributed by atoms with van der Waals surface area (Å²) in [5.41, 5.74) is 0.996. The molecule has 0 aliphatic rings. The highest BCUT2D eigenvalue weighted by molar-refractivity contribution is 5.42. The molecule has 0 aliphatic heterocycles. The van der Waals surface area contributed by atoms with Crippen LogP contribution in [0.3, 0.4) is 0 Å². The van der Waals surface area contributed by atoms with Crippen LogP contribution in [-0.4, -0.2) is 10.2 Å². The molecule has 0 amide bonds. The van der Waals surface area contributed by atoms with Crippen LogP contribution in [0.1, 0.15) is 24.2 Å². The summed E-state index contributed by atoms with van der Waals surface area (Å²) >= 11 is 0. The van der Waals surface area contributed by atoms with Crippen molar-refractivity contribution in [1.29, 1.82) is 0 Å². The predicted octanol–water partition coefficient (Wildman–Crippen LogP) is 3.16. The Labute approximate surface area is 110 Å². The van der Waals surface area contributed by atoms with E-state index < -0.39 is 11.9 Å². The zero-order valence-corrected chi connectivity index (χ0v) is 10.5. The molecule has 1 unspecified atom stereocenters. The summed E-state index contributed by atoms with van der Waals surface area (Å²) in [5.74, 6) is 0.425. The van der Waals surface area contributed by atoms with Crippen LogP contribution in [0.15, 0.2) is 42.5 Å². The molecule has 0 aliphatic carbocycles. The lowest BCUT2D eigenvalue weighted by molar-refractivity contribution is 0.195. The van der Waals surface area contributed by atoms with Gasteiger partial charge in [-0.2, -0.15) is 0 Å². The normalized spacial score (nSPS) is 12.2. The van der Waals surface area contributed by atoms with Crippen LogP contribution < -0.4 is 4.74 Å². The van der Waals surface area contributed by atoms with Crippen molar-refractivity contribution in [3.8, 4) is 11.5 Å². The molecule has 2 aromatic rings. The first-order valence-electron chi connectivity index (χ1n) is 5.96. The molecule has 0 aromatic heterocycles. The van der Waals surface area contributed by atoms with Gasteiger partial charge in [-0.1, -0.05) is 18.2 Å². The summed E-state index contributed by atoms with van der Waals surface area (Å²) in [6.07, 6.45) is -0.841. The third-order valence-electron chi connectivity index (χ3n) is 2.78. The maximum absolute atomic E-state index is 13.2. The lowest BCUT2D eigenvalue weighted by atomic mass is 10.1. The number of halogens is 1. The Bertz CT molecular complexity index is 567. The molecule has 2 aromatic carbocycles. The highest BCUT2D eigenvalue weighted by Gasteiger charge is 2.12. The number of benzene rings is 2. The number of hydrogen-bond donors (Lipinski definition) is 2. The summed E-state index contributed by atoms with van der Waals surface area (Å²) in [6, 6.07) is 11.0. The smallest absolute Gasteiger partial charge is 0.133 e. The largest absolute Gasteiger partial charge is 0.457 e. The lowest BCUT2D eigenvalue weighted by Crippen LogP contribution is -1.98. The number of hydrogen-bond acceptors (Lipinski definition) is 3. The summed E-state index contributed by atoms with van der Waals surface area (Å²) in [7, 11) is 0. The maximum atomic E-state index is 13.2. The second-order valence-electron chi connectivity index (χ2n) is 4.23. The van der Waals surface area contributed by atoms with Crippen LogP contribution in [0.25, 0.3) is 0 Å². The van der Waals surface area contributed by atoms with E-state index in [1.807, 2.05) is 0 Å². The number of aliphatic hydroxyl groups excluding tert-OH is 2. The summed E-state index contributed by atoms with van der Waals surface area (Å²) in [6.45, 7) is 1.39. The van der Waals surface area contributed by atoms with Gasteiger partial charge in [-0.05, 0) is 31.2 Å². The monoisotopic (exact) mass is 262 g/mol. The van der Waals surface area contributed by atoms with Gasteiger partial charge in [-0.15, -0.1) is 0 Å². The molecule has 0 bridgehead atoms. The van der Waals surface area contributed by atoms with Gasteiger partial charge in [-0.25, -0.2) is 4.39 Å². The van der Waals surface area contributed by atoms with E-state index in [1.54, 1.807) is 31.2 Å². The lowest BCUT2D eigenvalue weighted by Gasteiger charge is -2.15. The van der Waals surface area contributed by atoms with E-state index in [9.17, 15) is 14.6 Å². The van der Waals surface area contributed by atoms with Gasteiger partial charge in [-0.3, -0.25) is 0 Å². The number of aliphatic hydroxyl groups is 2. The Morgan fingerprint density at radius 1 is 1.16 bits per heavy atom. The Morgan fingerprint density at radius 2 is 1.89 bits per heavy atom. The van der Waals surface area contributed by atoms with Crippen molar-refractivity contribution in [2.24, 2.45) is 0 Å². The number of para-hydroxylation sites is 1. The first-order chi connectivity index (χ1) is 9.11. The average molecular weight is 262 g/mol. The predicted molar refractivity (Wildman–Crippen MR) is 69.5 cm³/mol. The van der Waals surface area contributed by atoms with Crippen LogP contribution in [0.2, 0.25) is 0 Å². The molecule has 0 saturated carbocycles. The summed E-state index contributed by atoms with van der Waals surface area (Å²) < 4.78 is 18.8. The van der Waals surface area contributed by atoms with E-state index in [4.69, 9.17) is 4.74 Å². The third-order valence-corrected chi connectivity index (χ3v) is 2.78. The van der Waals surface area contributed by atoms with Crippen molar-refractivity contribution in [2.45, 2.75) is 19.6 Å². The van der Waals surface area contributed by atoms with Gasteiger partial charge < -0.3 is 14.9 Å². The van der Waals surface area contributed by atoms with Gasteiger partial charge in [0.1, 0.15) is 17.3 Å². The first-order valence-corrected chi connectivity index (χ1v) is 5.96. The van der Waals surface area contributed by atoms with Crippen molar-refractivity contribution in [1.82, 2.24) is 0 Å². The topological polar surface area (TPSA) is 49.7 Å². The second-order valence-corrected chi connectivity index (χ2v) is 4.23.